The maximum absolute atomic E-state index is 6.18. The van der Waals surface area contributed by atoms with E-state index in [-0.39, 0.29) is 0 Å². The van der Waals surface area contributed by atoms with Crippen molar-refractivity contribution in [1.29, 1.82) is 0 Å². The molecule has 0 spiro atoms. The molecule has 3 rings (SSSR count). The summed E-state index contributed by atoms with van der Waals surface area (Å²) in [6.07, 6.45) is 0. The maximum atomic E-state index is 6.18. The molecule has 0 amide bonds. The van der Waals surface area contributed by atoms with Crippen molar-refractivity contribution in [3.05, 3.63) is 56.5 Å². The summed E-state index contributed by atoms with van der Waals surface area (Å²) in [5.74, 6) is 0.544. The molecule has 0 saturated carbocycles. The van der Waals surface area contributed by atoms with Gasteiger partial charge in [-0.2, -0.15) is 4.37 Å². The second-order valence-corrected chi connectivity index (χ2v) is 6.61. The average molecular weight is 376 g/mol. The number of hydrogen-bond donors (Lipinski definition) is 0. The summed E-state index contributed by atoms with van der Waals surface area (Å²) in [6, 6.07) is 10.5. The van der Waals surface area contributed by atoms with Crippen LogP contribution in [0.1, 0.15) is 0 Å². The predicted molar refractivity (Wildman–Crippen MR) is 90.8 cm³/mol. The summed E-state index contributed by atoms with van der Waals surface area (Å²) < 4.78 is 4.33. The summed E-state index contributed by atoms with van der Waals surface area (Å²) >= 11 is 25.4. The van der Waals surface area contributed by atoms with Gasteiger partial charge >= 0.3 is 0 Å². The van der Waals surface area contributed by atoms with Crippen LogP contribution in [-0.2, 0) is 0 Å². The zero-order valence-electron chi connectivity index (χ0n) is 10.3. The van der Waals surface area contributed by atoms with Gasteiger partial charge in [-0.05, 0) is 47.9 Å². The van der Waals surface area contributed by atoms with Crippen LogP contribution in [0.25, 0.3) is 22.0 Å². The van der Waals surface area contributed by atoms with Gasteiger partial charge in [0.1, 0.15) is 5.01 Å². The number of nitrogens with zero attached hydrogens (tertiary/aromatic N) is 2. The molecule has 0 N–H and O–H groups in total. The Hall–Kier alpha value is -0.840. The first-order valence-corrected chi connectivity index (χ1v) is 8.07. The lowest BCUT2D eigenvalue weighted by Crippen LogP contribution is -1.83. The summed E-state index contributed by atoms with van der Waals surface area (Å²) in [4.78, 5) is 4.48. The van der Waals surface area contributed by atoms with Gasteiger partial charge in [0, 0.05) is 21.2 Å². The first-order chi connectivity index (χ1) is 10.0. The molecule has 0 aliphatic carbocycles. The summed E-state index contributed by atoms with van der Waals surface area (Å²) in [5, 5.41) is 2.90. The van der Waals surface area contributed by atoms with Gasteiger partial charge in [-0.3, -0.25) is 0 Å². The molecule has 1 aromatic heterocycles. The molecule has 2 aromatic carbocycles. The first-order valence-electron chi connectivity index (χ1n) is 5.79. The SMILES string of the molecule is Clc1ccc(-c2nsc(-c3ccc(Cl)cc3Cl)n2)c(Cl)c1. The molecule has 1 heterocycles. The van der Waals surface area contributed by atoms with E-state index in [1.54, 1.807) is 30.3 Å². The fraction of sp³-hybridized carbons (Fsp3) is 0. The quantitative estimate of drug-likeness (QED) is 0.511. The lowest BCUT2D eigenvalue weighted by molar-refractivity contribution is 1.32. The van der Waals surface area contributed by atoms with Crippen molar-refractivity contribution >= 4 is 57.9 Å². The summed E-state index contributed by atoms with van der Waals surface area (Å²) in [7, 11) is 0. The second kappa shape index (κ2) is 6.11. The Balaban J connectivity index is 2.03. The molecule has 21 heavy (non-hydrogen) atoms. The topological polar surface area (TPSA) is 25.8 Å². The third kappa shape index (κ3) is 3.17. The highest BCUT2D eigenvalue weighted by molar-refractivity contribution is 7.09. The van der Waals surface area contributed by atoms with Crippen LogP contribution in [0.3, 0.4) is 0 Å². The maximum Gasteiger partial charge on any atom is 0.174 e. The van der Waals surface area contributed by atoms with Gasteiger partial charge in [0.2, 0.25) is 0 Å². The fourth-order valence-corrected chi connectivity index (χ4v) is 3.54. The van der Waals surface area contributed by atoms with Crippen LogP contribution in [0.4, 0.5) is 0 Å². The van der Waals surface area contributed by atoms with E-state index < -0.39 is 0 Å². The molecule has 0 aliphatic heterocycles. The fourth-order valence-electron chi connectivity index (χ4n) is 1.78. The molecule has 0 bridgehead atoms. The van der Waals surface area contributed by atoms with Crippen LogP contribution in [0, 0.1) is 0 Å². The van der Waals surface area contributed by atoms with Crippen molar-refractivity contribution in [3.8, 4) is 22.0 Å². The Kier molecular flexibility index (Phi) is 4.38. The van der Waals surface area contributed by atoms with Crippen LogP contribution >= 0.6 is 57.9 Å². The molecule has 0 radical (unpaired) electrons. The minimum absolute atomic E-state index is 0.508. The van der Waals surface area contributed by atoms with Gasteiger partial charge < -0.3 is 0 Å². The standard InChI is InChI=1S/C14H6Cl4N2S/c15-7-1-3-9(11(17)5-7)13-19-14(21-20-13)10-4-2-8(16)6-12(10)18/h1-6H. The van der Waals surface area contributed by atoms with Crippen molar-refractivity contribution in [2.24, 2.45) is 0 Å². The Morgan fingerprint density at radius 3 is 1.90 bits per heavy atom. The monoisotopic (exact) mass is 374 g/mol. The lowest BCUT2D eigenvalue weighted by Gasteiger charge is -2.01. The Bertz CT molecular complexity index is 750. The van der Waals surface area contributed by atoms with Gasteiger partial charge in [-0.1, -0.05) is 46.4 Å². The third-order valence-electron chi connectivity index (χ3n) is 2.76. The number of hydrogen-bond acceptors (Lipinski definition) is 3. The van der Waals surface area contributed by atoms with E-state index in [2.05, 4.69) is 9.36 Å². The highest BCUT2D eigenvalue weighted by atomic mass is 35.5. The van der Waals surface area contributed by atoms with Gasteiger partial charge in [0.25, 0.3) is 0 Å². The normalized spacial score (nSPS) is 10.9. The second-order valence-electron chi connectivity index (χ2n) is 4.17. The van der Waals surface area contributed by atoms with E-state index in [0.29, 0.717) is 30.9 Å². The van der Waals surface area contributed by atoms with Gasteiger partial charge in [-0.15, -0.1) is 0 Å². The van der Waals surface area contributed by atoms with E-state index in [9.17, 15) is 0 Å². The molecule has 0 fully saturated rings. The molecule has 0 unspecified atom stereocenters. The van der Waals surface area contributed by atoms with E-state index in [1.165, 1.54) is 11.5 Å². The van der Waals surface area contributed by atoms with E-state index in [0.717, 1.165) is 11.1 Å². The Labute approximate surface area is 145 Å². The molecule has 0 aliphatic rings. The van der Waals surface area contributed by atoms with Crippen LogP contribution < -0.4 is 0 Å². The largest absolute Gasteiger partial charge is 0.214 e. The lowest BCUT2D eigenvalue weighted by atomic mass is 10.2. The zero-order chi connectivity index (χ0) is 15.0. The molecule has 0 atom stereocenters. The van der Waals surface area contributed by atoms with Crippen LogP contribution in [0.2, 0.25) is 20.1 Å². The molecular formula is C14H6Cl4N2S. The van der Waals surface area contributed by atoms with Gasteiger partial charge in [0.05, 0.1) is 10.0 Å². The van der Waals surface area contributed by atoms with Crippen molar-refractivity contribution < 1.29 is 0 Å². The Morgan fingerprint density at radius 2 is 1.33 bits per heavy atom. The number of halogens is 4. The Morgan fingerprint density at radius 1 is 0.762 bits per heavy atom. The van der Waals surface area contributed by atoms with Crippen molar-refractivity contribution in [2.75, 3.05) is 0 Å². The van der Waals surface area contributed by atoms with Crippen molar-refractivity contribution in [1.82, 2.24) is 9.36 Å². The predicted octanol–water partition coefficient (Wildman–Crippen LogP) is 6.49. The zero-order valence-corrected chi connectivity index (χ0v) is 14.1. The highest BCUT2D eigenvalue weighted by Crippen LogP contribution is 2.35. The molecule has 7 heteroatoms. The number of aromatic nitrogens is 2. The van der Waals surface area contributed by atoms with Crippen LogP contribution in [-0.4, -0.2) is 9.36 Å². The number of benzene rings is 2. The third-order valence-corrected chi connectivity index (χ3v) is 4.60. The van der Waals surface area contributed by atoms with Gasteiger partial charge in [0.15, 0.2) is 5.82 Å². The van der Waals surface area contributed by atoms with Crippen LogP contribution in [0.15, 0.2) is 36.4 Å². The average Bonchev–Trinajstić information content (AvgIpc) is 2.87. The minimum Gasteiger partial charge on any atom is -0.214 e. The molecule has 2 nitrogen and oxygen atoms in total. The van der Waals surface area contributed by atoms with Crippen molar-refractivity contribution in [2.45, 2.75) is 0 Å². The number of rotatable bonds is 2. The summed E-state index contributed by atoms with van der Waals surface area (Å²) in [6.45, 7) is 0. The smallest absolute Gasteiger partial charge is 0.174 e. The molecule has 3 aromatic rings. The highest BCUT2D eigenvalue weighted by Gasteiger charge is 2.14. The van der Waals surface area contributed by atoms with E-state index in [4.69, 9.17) is 46.4 Å². The van der Waals surface area contributed by atoms with E-state index in [1.807, 2.05) is 6.07 Å². The molecule has 0 saturated heterocycles. The van der Waals surface area contributed by atoms with Crippen LogP contribution in [0.5, 0.6) is 0 Å². The molecular weight excluding hydrogens is 370 g/mol. The first kappa shape index (κ1) is 15.1. The molecule has 106 valence electrons. The summed E-state index contributed by atoms with van der Waals surface area (Å²) in [5.41, 5.74) is 1.52. The van der Waals surface area contributed by atoms with Gasteiger partial charge in [-0.25, -0.2) is 4.98 Å². The van der Waals surface area contributed by atoms with E-state index >= 15 is 0 Å². The minimum atomic E-state index is 0.508. The van der Waals surface area contributed by atoms with Crippen molar-refractivity contribution in [3.63, 3.8) is 0 Å².